The van der Waals surface area contributed by atoms with Gasteiger partial charge in [0.05, 0.1) is 29.3 Å². The molecule has 0 aliphatic carbocycles. The minimum Gasteiger partial charge on any atom is -0.358 e. The number of nitrogens with zero attached hydrogens (tertiary/aromatic N) is 2. The van der Waals surface area contributed by atoms with Gasteiger partial charge in [-0.3, -0.25) is 14.5 Å². The van der Waals surface area contributed by atoms with Crippen molar-refractivity contribution in [2.24, 2.45) is 0 Å². The van der Waals surface area contributed by atoms with Crippen LogP contribution in [0.1, 0.15) is 30.3 Å². The molecule has 24 heavy (non-hydrogen) atoms. The summed E-state index contributed by atoms with van der Waals surface area (Å²) in [5.74, 6) is -0.309. The Hall–Kier alpha value is -1.99. The maximum absolute atomic E-state index is 12.1. The van der Waals surface area contributed by atoms with E-state index in [1.54, 1.807) is 18.4 Å². The molecule has 2 amide bonds. The number of benzene rings is 1. The highest BCUT2D eigenvalue weighted by molar-refractivity contribution is 7.18. The summed E-state index contributed by atoms with van der Waals surface area (Å²) >= 11 is 1.71. The molecule has 1 aromatic carbocycles. The maximum atomic E-state index is 12.1. The summed E-state index contributed by atoms with van der Waals surface area (Å²) in [6.07, 6.45) is 3.25. The minimum atomic E-state index is -0.190. The van der Waals surface area contributed by atoms with Crippen molar-refractivity contribution in [1.82, 2.24) is 20.5 Å². The molecule has 3 rings (SSSR count). The highest BCUT2D eigenvalue weighted by Gasteiger charge is 2.28. The van der Waals surface area contributed by atoms with E-state index in [2.05, 4.69) is 21.6 Å². The number of rotatable bonds is 5. The maximum Gasteiger partial charge on any atom is 0.239 e. The van der Waals surface area contributed by atoms with Crippen molar-refractivity contribution in [2.45, 2.75) is 25.3 Å². The number of hydrogen-bond acceptors (Lipinski definition) is 5. The first-order valence-corrected chi connectivity index (χ1v) is 9.06. The fraction of sp³-hybridized carbons (Fsp3) is 0.471. The SMILES string of the molecule is CNC(=O)CNC(=O)CN1CCCC[C@@H]1c1nc2ccccc2s1. The van der Waals surface area contributed by atoms with E-state index in [9.17, 15) is 9.59 Å². The van der Waals surface area contributed by atoms with Gasteiger partial charge in [0.1, 0.15) is 5.01 Å². The largest absolute Gasteiger partial charge is 0.358 e. The highest BCUT2D eigenvalue weighted by atomic mass is 32.1. The third-order valence-electron chi connectivity index (χ3n) is 4.28. The van der Waals surface area contributed by atoms with E-state index in [-0.39, 0.29) is 24.4 Å². The molecule has 0 unspecified atom stereocenters. The number of carbonyl (C=O) groups excluding carboxylic acids is 2. The molecule has 1 aliphatic heterocycles. The van der Waals surface area contributed by atoms with Gasteiger partial charge in [-0.1, -0.05) is 18.6 Å². The molecule has 0 radical (unpaired) electrons. The Balaban J connectivity index is 1.69. The molecule has 1 fully saturated rings. The van der Waals surface area contributed by atoms with Crippen molar-refractivity contribution in [3.05, 3.63) is 29.3 Å². The van der Waals surface area contributed by atoms with E-state index in [4.69, 9.17) is 4.98 Å². The van der Waals surface area contributed by atoms with Crippen LogP contribution >= 0.6 is 11.3 Å². The summed E-state index contributed by atoms with van der Waals surface area (Å²) in [6.45, 7) is 1.21. The Kier molecular flexibility index (Phi) is 5.42. The average Bonchev–Trinajstić information content (AvgIpc) is 3.04. The normalized spacial score (nSPS) is 18.5. The summed E-state index contributed by atoms with van der Waals surface area (Å²) in [6, 6.07) is 8.31. The summed E-state index contributed by atoms with van der Waals surface area (Å²) in [7, 11) is 1.56. The Morgan fingerprint density at radius 2 is 2.12 bits per heavy atom. The van der Waals surface area contributed by atoms with Crippen LogP contribution in [0.4, 0.5) is 0 Å². The lowest BCUT2D eigenvalue weighted by molar-refractivity contribution is -0.127. The summed E-state index contributed by atoms with van der Waals surface area (Å²) in [4.78, 5) is 30.3. The van der Waals surface area contributed by atoms with Crippen molar-refractivity contribution in [3.63, 3.8) is 0 Å². The van der Waals surface area contributed by atoms with Crippen molar-refractivity contribution in [3.8, 4) is 0 Å². The number of carbonyl (C=O) groups is 2. The van der Waals surface area contributed by atoms with Crippen LogP contribution in [0, 0.1) is 0 Å². The van der Waals surface area contributed by atoms with Crippen molar-refractivity contribution in [1.29, 1.82) is 0 Å². The first-order chi connectivity index (χ1) is 11.7. The van der Waals surface area contributed by atoms with E-state index in [0.717, 1.165) is 36.3 Å². The van der Waals surface area contributed by atoms with E-state index < -0.39 is 0 Å². The van der Waals surface area contributed by atoms with Gasteiger partial charge < -0.3 is 10.6 Å². The Labute approximate surface area is 145 Å². The number of hydrogen-bond donors (Lipinski definition) is 2. The van der Waals surface area contributed by atoms with Crippen LogP contribution in [-0.2, 0) is 9.59 Å². The Bertz CT molecular complexity index is 697. The molecule has 1 atom stereocenters. The third-order valence-corrected chi connectivity index (χ3v) is 5.42. The fourth-order valence-corrected chi connectivity index (χ4v) is 4.14. The van der Waals surface area contributed by atoms with Gasteiger partial charge in [0, 0.05) is 7.05 Å². The molecule has 0 bridgehead atoms. The second kappa shape index (κ2) is 7.72. The van der Waals surface area contributed by atoms with Gasteiger partial charge in [-0.2, -0.15) is 0 Å². The van der Waals surface area contributed by atoms with Crippen LogP contribution in [-0.4, -0.2) is 48.4 Å². The lowest BCUT2D eigenvalue weighted by Gasteiger charge is -2.33. The lowest BCUT2D eigenvalue weighted by Crippen LogP contribution is -2.44. The first-order valence-electron chi connectivity index (χ1n) is 8.24. The predicted molar refractivity (Wildman–Crippen MR) is 94.9 cm³/mol. The minimum absolute atomic E-state index is 0.0228. The van der Waals surface area contributed by atoms with Gasteiger partial charge in [0.2, 0.25) is 11.8 Å². The number of likely N-dealkylation sites (N-methyl/N-ethyl adjacent to an activating group) is 1. The molecule has 2 heterocycles. The van der Waals surface area contributed by atoms with Gasteiger partial charge in [-0.25, -0.2) is 4.98 Å². The second-order valence-electron chi connectivity index (χ2n) is 5.95. The second-order valence-corrected chi connectivity index (χ2v) is 7.01. The van der Waals surface area contributed by atoms with Crippen LogP contribution in [0.3, 0.4) is 0 Å². The van der Waals surface area contributed by atoms with Gasteiger partial charge in [0.25, 0.3) is 0 Å². The zero-order valence-electron chi connectivity index (χ0n) is 13.7. The number of nitrogens with one attached hydrogen (secondary N) is 2. The summed E-state index contributed by atoms with van der Waals surface area (Å²) < 4.78 is 1.18. The number of aromatic nitrogens is 1. The van der Waals surface area contributed by atoms with Crippen LogP contribution in [0.25, 0.3) is 10.2 Å². The number of likely N-dealkylation sites (tertiary alicyclic amines) is 1. The zero-order chi connectivity index (χ0) is 16.9. The zero-order valence-corrected chi connectivity index (χ0v) is 14.6. The molecule has 0 saturated carbocycles. The molecule has 1 aromatic heterocycles. The number of para-hydroxylation sites is 1. The number of amides is 2. The predicted octanol–water partition coefficient (Wildman–Crippen LogP) is 1.69. The van der Waals surface area contributed by atoms with E-state index in [1.165, 1.54) is 4.70 Å². The lowest BCUT2D eigenvalue weighted by atomic mass is 10.0. The van der Waals surface area contributed by atoms with Crippen molar-refractivity contribution < 1.29 is 9.59 Å². The molecule has 128 valence electrons. The Morgan fingerprint density at radius 1 is 1.29 bits per heavy atom. The highest BCUT2D eigenvalue weighted by Crippen LogP contribution is 2.35. The fourth-order valence-electron chi connectivity index (χ4n) is 3.00. The molecule has 0 spiro atoms. The molecule has 2 N–H and O–H groups in total. The third kappa shape index (κ3) is 3.91. The van der Waals surface area contributed by atoms with Crippen LogP contribution in [0.5, 0.6) is 0 Å². The number of piperidine rings is 1. The molecule has 1 aliphatic rings. The molecular weight excluding hydrogens is 324 g/mol. The molecule has 7 heteroatoms. The van der Waals surface area contributed by atoms with E-state index in [1.807, 2.05) is 18.2 Å². The summed E-state index contributed by atoms with van der Waals surface area (Å²) in [5, 5.41) is 6.25. The number of thiazole rings is 1. The monoisotopic (exact) mass is 346 g/mol. The van der Waals surface area contributed by atoms with E-state index in [0.29, 0.717) is 6.54 Å². The van der Waals surface area contributed by atoms with Crippen LogP contribution in [0.2, 0.25) is 0 Å². The van der Waals surface area contributed by atoms with Crippen LogP contribution in [0.15, 0.2) is 24.3 Å². The van der Waals surface area contributed by atoms with Gasteiger partial charge >= 0.3 is 0 Å². The molecular formula is C17H22N4O2S. The molecule has 1 saturated heterocycles. The standard InChI is InChI=1S/C17H22N4O2S/c1-18-15(22)10-19-16(23)11-21-9-5-4-7-13(21)17-20-12-6-2-3-8-14(12)24-17/h2-3,6,8,13H,4-5,7,9-11H2,1H3,(H,18,22)(H,19,23)/t13-/m1/s1. The van der Waals surface area contributed by atoms with Crippen molar-refractivity contribution in [2.75, 3.05) is 26.7 Å². The molecule has 2 aromatic rings. The smallest absolute Gasteiger partial charge is 0.239 e. The van der Waals surface area contributed by atoms with Gasteiger partial charge in [-0.15, -0.1) is 11.3 Å². The van der Waals surface area contributed by atoms with Crippen molar-refractivity contribution >= 4 is 33.4 Å². The topological polar surface area (TPSA) is 74.3 Å². The van der Waals surface area contributed by atoms with Gasteiger partial charge in [-0.05, 0) is 31.5 Å². The average molecular weight is 346 g/mol. The first kappa shape index (κ1) is 16.9. The van der Waals surface area contributed by atoms with Crippen LogP contribution < -0.4 is 10.6 Å². The Morgan fingerprint density at radius 3 is 2.92 bits per heavy atom. The van der Waals surface area contributed by atoms with Gasteiger partial charge in [0.15, 0.2) is 0 Å². The quantitative estimate of drug-likeness (QED) is 0.864. The van der Waals surface area contributed by atoms with E-state index >= 15 is 0 Å². The molecule has 6 nitrogen and oxygen atoms in total. The number of fused-ring (bicyclic) bond motifs is 1. The summed E-state index contributed by atoms with van der Waals surface area (Å²) in [5.41, 5.74) is 1.02.